The van der Waals surface area contributed by atoms with Crippen LogP contribution in [0.5, 0.6) is 0 Å². The van der Waals surface area contributed by atoms with Gasteiger partial charge in [-0.15, -0.1) is 0 Å². The van der Waals surface area contributed by atoms with Gasteiger partial charge < -0.3 is 5.32 Å². The first-order valence-corrected chi connectivity index (χ1v) is 10.7. The van der Waals surface area contributed by atoms with Gasteiger partial charge in [-0.25, -0.2) is 4.68 Å². The molecule has 6 rings (SSSR count). The third-order valence-electron chi connectivity index (χ3n) is 5.94. The standard InChI is InChI=1S/C26H22N6/c1-17-3-2-4-24(30-17)26-23(16-28-31-26)19-7-10-25-21(13-19)15-29-32(25)22-8-5-18(6-9-22)20-11-12-27-14-20/h2-11,13,15-16,27H,12,14H2,1H3,(H,28,31). The Balaban J connectivity index is 1.36. The van der Waals surface area contributed by atoms with E-state index in [0.29, 0.717) is 0 Å². The van der Waals surface area contributed by atoms with Crippen molar-refractivity contribution in [2.24, 2.45) is 0 Å². The smallest absolute Gasteiger partial charge is 0.118 e. The number of nitrogens with one attached hydrogen (secondary N) is 2. The van der Waals surface area contributed by atoms with Crippen molar-refractivity contribution in [3.8, 4) is 28.2 Å². The van der Waals surface area contributed by atoms with Gasteiger partial charge in [-0.05, 0) is 60.0 Å². The van der Waals surface area contributed by atoms with Crippen molar-refractivity contribution in [3.05, 3.63) is 90.4 Å². The summed E-state index contributed by atoms with van der Waals surface area (Å²) in [6.07, 6.45) is 6.09. The van der Waals surface area contributed by atoms with Crippen LogP contribution in [0.2, 0.25) is 0 Å². The zero-order chi connectivity index (χ0) is 21.5. The van der Waals surface area contributed by atoms with Gasteiger partial charge in [-0.1, -0.05) is 30.3 Å². The molecule has 0 amide bonds. The van der Waals surface area contributed by atoms with Crippen LogP contribution < -0.4 is 5.32 Å². The quantitative estimate of drug-likeness (QED) is 0.441. The Morgan fingerprint density at radius 1 is 0.969 bits per heavy atom. The zero-order valence-electron chi connectivity index (χ0n) is 17.7. The number of fused-ring (bicyclic) bond motifs is 1. The normalized spacial score (nSPS) is 13.6. The lowest BCUT2D eigenvalue weighted by Crippen LogP contribution is -2.07. The molecule has 4 heterocycles. The average molecular weight is 419 g/mol. The Bertz CT molecular complexity index is 1460. The van der Waals surface area contributed by atoms with E-state index >= 15 is 0 Å². The Morgan fingerprint density at radius 3 is 2.66 bits per heavy atom. The van der Waals surface area contributed by atoms with Gasteiger partial charge in [0.15, 0.2) is 0 Å². The van der Waals surface area contributed by atoms with Crippen LogP contribution in [0.3, 0.4) is 0 Å². The SMILES string of the molecule is Cc1cccc(-c2n[nH]cc2-c2ccc3c(cnn3-c3ccc(C4=CCNC4)cc3)c2)n1. The Hall–Kier alpha value is -4.03. The summed E-state index contributed by atoms with van der Waals surface area (Å²) in [5, 5.41) is 16.6. The molecule has 6 nitrogen and oxygen atoms in total. The topological polar surface area (TPSA) is 71.4 Å². The number of pyridine rings is 1. The lowest BCUT2D eigenvalue weighted by atomic mass is 10.0. The molecule has 1 aliphatic heterocycles. The number of hydrogen-bond donors (Lipinski definition) is 2. The number of H-pyrrole nitrogens is 1. The van der Waals surface area contributed by atoms with Crippen LogP contribution in [0.4, 0.5) is 0 Å². The van der Waals surface area contributed by atoms with Crippen LogP contribution in [0.25, 0.3) is 44.7 Å². The number of benzene rings is 2. The molecule has 1 aliphatic rings. The van der Waals surface area contributed by atoms with E-state index in [1.165, 1.54) is 11.1 Å². The highest BCUT2D eigenvalue weighted by Crippen LogP contribution is 2.32. The first-order valence-electron chi connectivity index (χ1n) is 10.7. The average Bonchev–Trinajstić information content (AvgIpc) is 3.59. The Kier molecular flexibility index (Phi) is 4.44. The molecule has 3 aromatic heterocycles. The van der Waals surface area contributed by atoms with Crippen molar-refractivity contribution in [2.75, 3.05) is 13.1 Å². The van der Waals surface area contributed by atoms with E-state index in [1.54, 1.807) is 0 Å². The van der Waals surface area contributed by atoms with Gasteiger partial charge >= 0.3 is 0 Å². The Labute approximate surface area is 185 Å². The van der Waals surface area contributed by atoms with E-state index in [0.717, 1.165) is 57.9 Å². The minimum Gasteiger partial charge on any atom is -0.309 e. The van der Waals surface area contributed by atoms with Gasteiger partial charge in [0.05, 0.1) is 23.1 Å². The predicted molar refractivity (Wildman–Crippen MR) is 127 cm³/mol. The summed E-state index contributed by atoms with van der Waals surface area (Å²) in [5.74, 6) is 0. The minimum atomic E-state index is 0.853. The third kappa shape index (κ3) is 3.21. The molecule has 6 heteroatoms. The summed E-state index contributed by atoms with van der Waals surface area (Å²) in [6, 6.07) is 21.0. The molecule has 32 heavy (non-hydrogen) atoms. The fourth-order valence-corrected chi connectivity index (χ4v) is 4.30. The second-order valence-corrected chi connectivity index (χ2v) is 8.05. The van der Waals surface area contributed by atoms with Crippen molar-refractivity contribution in [1.82, 2.24) is 30.3 Å². The van der Waals surface area contributed by atoms with Crippen LogP contribution in [0, 0.1) is 6.92 Å². The maximum atomic E-state index is 4.66. The highest BCUT2D eigenvalue weighted by molar-refractivity contribution is 5.88. The van der Waals surface area contributed by atoms with Gasteiger partial charge in [-0.2, -0.15) is 10.2 Å². The van der Waals surface area contributed by atoms with Crippen molar-refractivity contribution in [2.45, 2.75) is 6.92 Å². The Morgan fingerprint density at radius 2 is 1.84 bits per heavy atom. The molecule has 2 aromatic carbocycles. The molecule has 0 atom stereocenters. The van der Waals surface area contributed by atoms with Crippen LogP contribution >= 0.6 is 0 Å². The van der Waals surface area contributed by atoms with E-state index in [2.05, 4.69) is 74.1 Å². The molecular formula is C26H22N6. The van der Waals surface area contributed by atoms with Crippen molar-refractivity contribution in [3.63, 3.8) is 0 Å². The molecule has 0 bridgehead atoms. The van der Waals surface area contributed by atoms with Crippen LogP contribution in [0.1, 0.15) is 11.3 Å². The van der Waals surface area contributed by atoms with Gasteiger partial charge in [0.25, 0.3) is 0 Å². The van der Waals surface area contributed by atoms with Gasteiger partial charge in [0.1, 0.15) is 5.69 Å². The van der Waals surface area contributed by atoms with Gasteiger partial charge in [0.2, 0.25) is 0 Å². The van der Waals surface area contributed by atoms with Crippen molar-refractivity contribution >= 4 is 16.5 Å². The molecule has 0 aliphatic carbocycles. The zero-order valence-corrected chi connectivity index (χ0v) is 17.7. The number of nitrogens with zero attached hydrogens (tertiary/aromatic N) is 4. The third-order valence-corrected chi connectivity index (χ3v) is 5.94. The lowest BCUT2D eigenvalue weighted by molar-refractivity contribution is 0.896. The molecular weight excluding hydrogens is 396 g/mol. The van der Waals surface area contributed by atoms with Gasteiger partial charge in [-0.3, -0.25) is 10.1 Å². The number of aromatic nitrogens is 5. The fourth-order valence-electron chi connectivity index (χ4n) is 4.30. The first-order chi connectivity index (χ1) is 15.8. The summed E-state index contributed by atoms with van der Waals surface area (Å²) in [4.78, 5) is 4.64. The van der Waals surface area contributed by atoms with Crippen molar-refractivity contribution in [1.29, 1.82) is 0 Å². The molecule has 5 aromatic rings. The number of aromatic amines is 1. The lowest BCUT2D eigenvalue weighted by Gasteiger charge is -2.07. The van der Waals surface area contributed by atoms with Gasteiger partial charge in [0, 0.05) is 35.9 Å². The largest absolute Gasteiger partial charge is 0.309 e. The second-order valence-electron chi connectivity index (χ2n) is 8.05. The highest BCUT2D eigenvalue weighted by atomic mass is 15.3. The minimum absolute atomic E-state index is 0.853. The molecule has 0 spiro atoms. The number of rotatable bonds is 4. The summed E-state index contributed by atoms with van der Waals surface area (Å²) in [5.41, 5.74) is 9.54. The van der Waals surface area contributed by atoms with E-state index < -0.39 is 0 Å². The van der Waals surface area contributed by atoms with E-state index in [-0.39, 0.29) is 0 Å². The monoisotopic (exact) mass is 418 g/mol. The molecule has 0 fully saturated rings. The molecule has 2 N–H and O–H groups in total. The number of aryl methyl sites for hydroxylation is 1. The summed E-state index contributed by atoms with van der Waals surface area (Å²) in [7, 11) is 0. The molecule has 0 radical (unpaired) electrons. The van der Waals surface area contributed by atoms with E-state index in [1.807, 2.05) is 42.2 Å². The summed E-state index contributed by atoms with van der Waals surface area (Å²) >= 11 is 0. The fraction of sp³-hybridized carbons (Fsp3) is 0.115. The summed E-state index contributed by atoms with van der Waals surface area (Å²) in [6.45, 7) is 3.87. The highest BCUT2D eigenvalue weighted by Gasteiger charge is 2.14. The van der Waals surface area contributed by atoms with E-state index in [9.17, 15) is 0 Å². The molecule has 0 saturated carbocycles. The van der Waals surface area contributed by atoms with Crippen LogP contribution in [0.15, 0.2) is 79.1 Å². The first kappa shape index (κ1) is 18.7. The van der Waals surface area contributed by atoms with Crippen LogP contribution in [-0.4, -0.2) is 38.1 Å². The molecule has 156 valence electrons. The van der Waals surface area contributed by atoms with E-state index in [4.69, 9.17) is 0 Å². The number of hydrogen-bond acceptors (Lipinski definition) is 4. The summed E-state index contributed by atoms with van der Waals surface area (Å²) < 4.78 is 1.99. The molecule has 0 unspecified atom stereocenters. The maximum Gasteiger partial charge on any atom is 0.118 e. The maximum absolute atomic E-state index is 4.66. The predicted octanol–water partition coefficient (Wildman–Crippen LogP) is 4.77. The van der Waals surface area contributed by atoms with Crippen molar-refractivity contribution < 1.29 is 0 Å². The molecule has 0 saturated heterocycles. The second kappa shape index (κ2) is 7.59. The van der Waals surface area contributed by atoms with Crippen LogP contribution in [-0.2, 0) is 0 Å².